The van der Waals surface area contributed by atoms with Crippen LogP contribution in [-0.4, -0.2) is 17.5 Å². The van der Waals surface area contributed by atoms with Crippen molar-refractivity contribution in [1.82, 2.24) is 10.5 Å². The number of nitrogens with zero attached hydrogens (tertiary/aromatic N) is 1. The maximum absolute atomic E-state index is 11.6. The van der Waals surface area contributed by atoms with Crippen LogP contribution in [0.15, 0.2) is 18.3 Å². The second-order valence-corrected chi connectivity index (χ2v) is 2.48. The van der Waals surface area contributed by atoms with E-state index in [1.54, 1.807) is 24.5 Å². The van der Waals surface area contributed by atoms with Gasteiger partial charge in [-0.2, -0.15) is 8.78 Å². The first-order chi connectivity index (χ1) is 6.61. The molecule has 0 saturated heterocycles. The summed E-state index contributed by atoms with van der Waals surface area (Å²) in [6, 6.07) is 3.28. The number of amides is 1. The van der Waals surface area contributed by atoms with E-state index in [-0.39, 0.29) is 5.69 Å². The lowest BCUT2D eigenvalue weighted by Gasteiger charge is -2.05. The standard InChI is InChI=1S/C8H8F2N2O2/c1-5-3-2-4-11-6(5)7(13)12-14-8(9)10/h2-4,8H,1H3,(H,12,13). The molecule has 1 amide bonds. The van der Waals surface area contributed by atoms with E-state index in [1.807, 2.05) is 0 Å². The van der Waals surface area contributed by atoms with E-state index in [4.69, 9.17) is 0 Å². The molecule has 0 atom stereocenters. The van der Waals surface area contributed by atoms with Gasteiger partial charge in [-0.3, -0.25) is 9.78 Å². The maximum atomic E-state index is 11.6. The molecular weight excluding hydrogens is 194 g/mol. The Bertz CT molecular complexity index is 331. The molecule has 0 aliphatic rings. The van der Waals surface area contributed by atoms with Gasteiger partial charge in [-0.1, -0.05) is 6.07 Å². The predicted molar refractivity (Wildman–Crippen MR) is 43.5 cm³/mol. The fraction of sp³-hybridized carbons (Fsp3) is 0.250. The smallest absolute Gasteiger partial charge is 0.265 e. The summed E-state index contributed by atoms with van der Waals surface area (Å²) >= 11 is 0. The molecule has 0 spiro atoms. The highest BCUT2D eigenvalue weighted by molar-refractivity contribution is 5.92. The third-order valence-corrected chi connectivity index (χ3v) is 1.47. The molecular formula is C8H8F2N2O2. The quantitative estimate of drug-likeness (QED) is 0.751. The molecule has 0 aliphatic heterocycles. The van der Waals surface area contributed by atoms with Gasteiger partial charge in [-0.05, 0) is 18.6 Å². The lowest BCUT2D eigenvalue weighted by Crippen LogP contribution is -2.27. The summed E-state index contributed by atoms with van der Waals surface area (Å²) in [4.78, 5) is 18.5. The monoisotopic (exact) mass is 202 g/mol. The molecule has 0 aliphatic carbocycles. The zero-order valence-electron chi connectivity index (χ0n) is 7.33. The summed E-state index contributed by atoms with van der Waals surface area (Å²) in [5.41, 5.74) is 2.24. The number of halogens is 2. The van der Waals surface area contributed by atoms with Gasteiger partial charge in [0.25, 0.3) is 5.91 Å². The summed E-state index contributed by atoms with van der Waals surface area (Å²) in [5, 5.41) is 0. The minimum atomic E-state index is -3.04. The first-order valence-corrected chi connectivity index (χ1v) is 3.77. The number of hydrogen-bond acceptors (Lipinski definition) is 3. The van der Waals surface area contributed by atoms with Crippen molar-refractivity contribution >= 4 is 5.91 Å². The number of carbonyl (C=O) groups excluding carboxylic acids is 1. The molecule has 0 fully saturated rings. The van der Waals surface area contributed by atoms with Crippen LogP contribution in [0.3, 0.4) is 0 Å². The van der Waals surface area contributed by atoms with Crippen molar-refractivity contribution in [3.05, 3.63) is 29.6 Å². The number of rotatable bonds is 3. The summed E-state index contributed by atoms with van der Waals surface area (Å²) < 4.78 is 23.1. The molecule has 4 nitrogen and oxygen atoms in total. The summed E-state index contributed by atoms with van der Waals surface area (Å²) in [6.45, 7) is -1.40. The zero-order valence-corrected chi connectivity index (χ0v) is 7.33. The van der Waals surface area contributed by atoms with Crippen LogP contribution in [0.1, 0.15) is 16.1 Å². The van der Waals surface area contributed by atoms with Gasteiger partial charge in [-0.25, -0.2) is 10.3 Å². The van der Waals surface area contributed by atoms with Gasteiger partial charge in [0.2, 0.25) is 0 Å². The largest absolute Gasteiger partial charge is 0.364 e. The first kappa shape index (κ1) is 10.5. The Morgan fingerprint density at radius 2 is 2.36 bits per heavy atom. The molecule has 0 unspecified atom stereocenters. The second-order valence-electron chi connectivity index (χ2n) is 2.48. The minimum absolute atomic E-state index is 0.0631. The van der Waals surface area contributed by atoms with Gasteiger partial charge < -0.3 is 0 Å². The van der Waals surface area contributed by atoms with Crippen LogP contribution in [0.5, 0.6) is 0 Å². The van der Waals surface area contributed by atoms with Crippen molar-refractivity contribution in [2.75, 3.05) is 0 Å². The van der Waals surface area contributed by atoms with Crippen LogP contribution in [0, 0.1) is 6.92 Å². The summed E-state index contributed by atoms with van der Waals surface area (Å²) in [5.74, 6) is -0.789. The third-order valence-electron chi connectivity index (χ3n) is 1.47. The summed E-state index contributed by atoms with van der Waals surface area (Å²) in [6.07, 6.45) is 1.39. The number of carbonyl (C=O) groups is 1. The lowest BCUT2D eigenvalue weighted by molar-refractivity contribution is -0.161. The van der Waals surface area contributed by atoms with E-state index >= 15 is 0 Å². The molecule has 0 saturated carbocycles. The van der Waals surface area contributed by atoms with E-state index in [1.165, 1.54) is 6.20 Å². The topological polar surface area (TPSA) is 51.2 Å². The van der Waals surface area contributed by atoms with Crippen LogP contribution in [0.25, 0.3) is 0 Å². The Kier molecular flexibility index (Phi) is 3.47. The van der Waals surface area contributed by atoms with Crippen LogP contribution < -0.4 is 5.48 Å². The molecule has 0 aromatic carbocycles. The molecule has 14 heavy (non-hydrogen) atoms. The van der Waals surface area contributed by atoms with Crippen molar-refractivity contribution in [3.63, 3.8) is 0 Å². The van der Waals surface area contributed by atoms with Crippen LogP contribution in [0.2, 0.25) is 0 Å². The number of alkyl halides is 2. The van der Waals surface area contributed by atoms with E-state index < -0.39 is 12.5 Å². The minimum Gasteiger partial charge on any atom is -0.265 e. The number of hydrogen-bond donors (Lipinski definition) is 1. The molecule has 1 heterocycles. The van der Waals surface area contributed by atoms with Gasteiger partial charge in [-0.15, -0.1) is 0 Å². The molecule has 0 bridgehead atoms. The van der Waals surface area contributed by atoms with E-state index in [0.29, 0.717) is 5.56 Å². The number of nitrogens with one attached hydrogen (secondary N) is 1. The van der Waals surface area contributed by atoms with Gasteiger partial charge in [0.05, 0.1) is 0 Å². The van der Waals surface area contributed by atoms with E-state index in [2.05, 4.69) is 9.82 Å². The van der Waals surface area contributed by atoms with Gasteiger partial charge in [0, 0.05) is 6.20 Å². The molecule has 6 heteroatoms. The second kappa shape index (κ2) is 4.61. The maximum Gasteiger partial charge on any atom is 0.364 e. The highest BCUT2D eigenvalue weighted by atomic mass is 19.3. The molecule has 1 N–H and O–H groups in total. The third kappa shape index (κ3) is 2.74. The predicted octanol–water partition coefficient (Wildman–Crippen LogP) is 1.27. The molecule has 0 radical (unpaired) electrons. The van der Waals surface area contributed by atoms with Crippen molar-refractivity contribution < 1.29 is 18.4 Å². The molecule has 1 aromatic rings. The first-order valence-electron chi connectivity index (χ1n) is 3.77. The van der Waals surface area contributed by atoms with Gasteiger partial charge in [0.15, 0.2) is 0 Å². The van der Waals surface area contributed by atoms with Crippen molar-refractivity contribution in [2.24, 2.45) is 0 Å². The highest BCUT2D eigenvalue weighted by Gasteiger charge is 2.12. The number of hydroxylamine groups is 1. The van der Waals surface area contributed by atoms with Crippen molar-refractivity contribution in [3.8, 4) is 0 Å². The Morgan fingerprint density at radius 3 is 2.93 bits per heavy atom. The summed E-state index contributed by atoms with van der Waals surface area (Å²) in [7, 11) is 0. The van der Waals surface area contributed by atoms with Crippen LogP contribution in [0.4, 0.5) is 8.78 Å². The average molecular weight is 202 g/mol. The average Bonchev–Trinajstić information content (AvgIpc) is 2.15. The van der Waals surface area contributed by atoms with Crippen molar-refractivity contribution in [2.45, 2.75) is 13.5 Å². The zero-order chi connectivity index (χ0) is 10.6. The Hall–Kier alpha value is -1.56. The molecule has 1 aromatic heterocycles. The Balaban J connectivity index is 2.65. The van der Waals surface area contributed by atoms with Gasteiger partial charge in [0.1, 0.15) is 5.69 Å². The van der Waals surface area contributed by atoms with Crippen LogP contribution >= 0.6 is 0 Å². The SMILES string of the molecule is Cc1cccnc1C(=O)NOC(F)F. The highest BCUT2D eigenvalue weighted by Crippen LogP contribution is 2.03. The number of aromatic nitrogens is 1. The lowest BCUT2D eigenvalue weighted by atomic mass is 10.2. The Morgan fingerprint density at radius 1 is 1.64 bits per heavy atom. The van der Waals surface area contributed by atoms with E-state index in [0.717, 1.165) is 0 Å². The number of aryl methyl sites for hydroxylation is 1. The number of pyridine rings is 1. The normalized spacial score (nSPS) is 10.3. The van der Waals surface area contributed by atoms with E-state index in [9.17, 15) is 13.6 Å². The molecule has 76 valence electrons. The van der Waals surface area contributed by atoms with Gasteiger partial charge >= 0.3 is 6.61 Å². The Labute approximate surface area is 78.9 Å². The fourth-order valence-corrected chi connectivity index (χ4v) is 0.870. The fourth-order valence-electron chi connectivity index (χ4n) is 0.870. The van der Waals surface area contributed by atoms with Crippen LogP contribution in [-0.2, 0) is 4.84 Å². The molecule has 1 rings (SSSR count). The van der Waals surface area contributed by atoms with Crippen molar-refractivity contribution in [1.29, 1.82) is 0 Å².